The molecule has 3 aromatic rings. The number of carbonyl (C=O) groups excluding carboxylic acids is 1. The summed E-state index contributed by atoms with van der Waals surface area (Å²) in [4.78, 5) is 26.8. The largest absolute Gasteiger partial charge is 0.327 e. The van der Waals surface area contributed by atoms with Crippen LogP contribution in [0.2, 0.25) is 5.02 Å². The Morgan fingerprint density at radius 3 is 2.67 bits per heavy atom. The molecular formula is C20H15ClN2O3S. The maximum absolute atomic E-state index is 13.3. The Balaban J connectivity index is 1.76. The van der Waals surface area contributed by atoms with Crippen LogP contribution in [-0.4, -0.2) is 22.3 Å². The molecule has 0 spiro atoms. The summed E-state index contributed by atoms with van der Waals surface area (Å²) in [6.07, 6.45) is 0.784. The lowest BCUT2D eigenvalue weighted by molar-refractivity contribution is -0.384. The molecule has 0 radical (unpaired) electrons. The van der Waals surface area contributed by atoms with Crippen LogP contribution in [0.25, 0.3) is 0 Å². The predicted molar refractivity (Wildman–Crippen MR) is 105 cm³/mol. The molecule has 136 valence electrons. The number of non-ortho nitro benzene ring substituents is 1. The minimum Gasteiger partial charge on any atom is -0.327 e. The first-order valence-electron chi connectivity index (χ1n) is 8.42. The molecule has 2 heterocycles. The highest BCUT2D eigenvalue weighted by Crippen LogP contribution is 2.39. The summed E-state index contributed by atoms with van der Waals surface area (Å²) in [7, 11) is 0. The van der Waals surface area contributed by atoms with Crippen LogP contribution in [0, 0.1) is 10.1 Å². The fourth-order valence-electron chi connectivity index (χ4n) is 3.48. The Morgan fingerprint density at radius 1 is 1.19 bits per heavy atom. The summed E-state index contributed by atoms with van der Waals surface area (Å²) in [5, 5.41) is 13.1. The van der Waals surface area contributed by atoms with Gasteiger partial charge < -0.3 is 4.90 Å². The number of carbonyl (C=O) groups is 1. The van der Waals surface area contributed by atoms with Gasteiger partial charge in [0.15, 0.2) is 0 Å². The van der Waals surface area contributed by atoms with E-state index in [0.717, 1.165) is 17.5 Å². The normalized spacial score (nSPS) is 16.0. The zero-order valence-corrected chi connectivity index (χ0v) is 15.7. The third-order valence-electron chi connectivity index (χ3n) is 4.74. The van der Waals surface area contributed by atoms with E-state index < -0.39 is 4.92 Å². The van der Waals surface area contributed by atoms with E-state index in [4.69, 9.17) is 11.6 Å². The van der Waals surface area contributed by atoms with Gasteiger partial charge in [0.1, 0.15) is 0 Å². The molecule has 0 fully saturated rings. The number of nitro benzene ring substituents is 1. The van der Waals surface area contributed by atoms with Gasteiger partial charge in [0.25, 0.3) is 11.6 Å². The number of rotatable bonds is 3. The first-order valence-corrected chi connectivity index (χ1v) is 9.68. The number of thiophene rings is 1. The van der Waals surface area contributed by atoms with Gasteiger partial charge in [0.2, 0.25) is 0 Å². The van der Waals surface area contributed by atoms with Crippen molar-refractivity contribution in [3.05, 3.63) is 96.7 Å². The van der Waals surface area contributed by atoms with E-state index in [9.17, 15) is 14.9 Å². The van der Waals surface area contributed by atoms with Crippen molar-refractivity contribution >= 4 is 34.5 Å². The molecule has 0 aliphatic carbocycles. The van der Waals surface area contributed by atoms with E-state index >= 15 is 0 Å². The lowest BCUT2D eigenvalue weighted by Crippen LogP contribution is -2.40. The summed E-state index contributed by atoms with van der Waals surface area (Å²) in [5.74, 6) is -0.222. The third-order valence-corrected chi connectivity index (χ3v) is 6.05. The van der Waals surface area contributed by atoms with Crippen LogP contribution in [0.1, 0.15) is 32.4 Å². The van der Waals surface area contributed by atoms with Crippen molar-refractivity contribution in [2.45, 2.75) is 12.5 Å². The van der Waals surface area contributed by atoms with E-state index in [0.29, 0.717) is 6.54 Å². The van der Waals surface area contributed by atoms with Crippen LogP contribution >= 0.6 is 22.9 Å². The molecule has 1 aliphatic rings. The monoisotopic (exact) mass is 398 g/mol. The molecule has 0 saturated carbocycles. The van der Waals surface area contributed by atoms with E-state index in [2.05, 4.69) is 6.07 Å². The Kier molecular flexibility index (Phi) is 4.68. The van der Waals surface area contributed by atoms with Crippen molar-refractivity contribution in [3.63, 3.8) is 0 Å². The quantitative estimate of drug-likeness (QED) is 0.455. The third kappa shape index (κ3) is 3.22. The number of benzene rings is 2. The molecule has 5 nitrogen and oxygen atoms in total. The van der Waals surface area contributed by atoms with Gasteiger partial charge in [-0.1, -0.05) is 41.9 Å². The fraction of sp³-hybridized carbons (Fsp3) is 0.150. The van der Waals surface area contributed by atoms with E-state index in [1.807, 2.05) is 35.7 Å². The Morgan fingerprint density at radius 2 is 1.96 bits per heavy atom. The van der Waals surface area contributed by atoms with Crippen molar-refractivity contribution in [2.75, 3.05) is 6.54 Å². The summed E-state index contributed by atoms with van der Waals surface area (Å²) in [6, 6.07) is 15.7. The minimum absolute atomic E-state index is 0.0946. The number of nitro groups is 1. The number of hydrogen-bond donors (Lipinski definition) is 0. The molecule has 4 rings (SSSR count). The minimum atomic E-state index is -0.522. The molecule has 1 aliphatic heterocycles. The van der Waals surface area contributed by atoms with E-state index in [-0.39, 0.29) is 28.2 Å². The van der Waals surface area contributed by atoms with Crippen molar-refractivity contribution in [3.8, 4) is 0 Å². The fourth-order valence-corrected chi connectivity index (χ4v) is 4.64. The number of nitrogens with zero attached hydrogens (tertiary/aromatic N) is 2. The van der Waals surface area contributed by atoms with Gasteiger partial charge in [-0.05, 0) is 35.1 Å². The average molecular weight is 399 g/mol. The topological polar surface area (TPSA) is 63.4 Å². The van der Waals surface area contributed by atoms with Crippen LogP contribution in [0.5, 0.6) is 0 Å². The number of halogens is 1. The molecule has 0 saturated heterocycles. The Bertz CT molecular complexity index is 1020. The second-order valence-corrected chi connectivity index (χ2v) is 7.69. The van der Waals surface area contributed by atoms with Gasteiger partial charge in [0, 0.05) is 23.6 Å². The van der Waals surface area contributed by atoms with Crippen LogP contribution in [0.4, 0.5) is 5.69 Å². The van der Waals surface area contributed by atoms with Gasteiger partial charge in [-0.3, -0.25) is 14.9 Å². The van der Waals surface area contributed by atoms with Crippen molar-refractivity contribution in [2.24, 2.45) is 0 Å². The zero-order valence-electron chi connectivity index (χ0n) is 14.2. The average Bonchev–Trinajstić information content (AvgIpc) is 3.16. The SMILES string of the molecule is O=C(c1ccc([N+](=O)[O-])cc1Cl)N1CCc2sccc2[C@H]1c1ccccc1. The van der Waals surface area contributed by atoms with Gasteiger partial charge in [-0.25, -0.2) is 0 Å². The van der Waals surface area contributed by atoms with Crippen LogP contribution in [-0.2, 0) is 6.42 Å². The molecule has 0 unspecified atom stereocenters. The summed E-state index contributed by atoms with van der Waals surface area (Å²) < 4.78 is 0. The second kappa shape index (κ2) is 7.13. The van der Waals surface area contributed by atoms with Crippen molar-refractivity contribution in [1.82, 2.24) is 4.90 Å². The number of fused-ring (bicyclic) bond motifs is 1. The molecular weight excluding hydrogens is 384 g/mol. The Labute approximate surface area is 165 Å². The highest BCUT2D eigenvalue weighted by molar-refractivity contribution is 7.10. The lowest BCUT2D eigenvalue weighted by Gasteiger charge is -2.36. The second-order valence-electron chi connectivity index (χ2n) is 6.28. The van der Waals surface area contributed by atoms with E-state index in [1.54, 1.807) is 16.2 Å². The van der Waals surface area contributed by atoms with Gasteiger partial charge in [0.05, 0.1) is 21.6 Å². The van der Waals surface area contributed by atoms with Crippen molar-refractivity contribution < 1.29 is 9.72 Å². The van der Waals surface area contributed by atoms with Gasteiger partial charge in [-0.2, -0.15) is 0 Å². The summed E-state index contributed by atoms with van der Waals surface area (Å²) in [5.41, 5.74) is 2.31. The Hall–Kier alpha value is -2.70. The van der Waals surface area contributed by atoms with Crippen LogP contribution < -0.4 is 0 Å². The molecule has 0 bridgehead atoms. The molecule has 1 aromatic heterocycles. The maximum Gasteiger partial charge on any atom is 0.270 e. The predicted octanol–water partition coefficient (Wildman–Crippen LogP) is 5.10. The number of amides is 1. The smallest absolute Gasteiger partial charge is 0.270 e. The van der Waals surface area contributed by atoms with Gasteiger partial charge >= 0.3 is 0 Å². The van der Waals surface area contributed by atoms with Gasteiger partial charge in [-0.15, -0.1) is 11.3 Å². The first kappa shape index (κ1) is 17.7. The van der Waals surface area contributed by atoms with Crippen LogP contribution in [0.15, 0.2) is 60.0 Å². The summed E-state index contributed by atoms with van der Waals surface area (Å²) >= 11 is 7.91. The number of hydrogen-bond acceptors (Lipinski definition) is 4. The standard InChI is InChI=1S/C20H15ClN2O3S/c21-17-12-14(23(25)26)6-7-15(17)20(24)22-10-8-18-16(9-11-27-18)19(22)13-4-2-1-3-5-13/h1-7,9,11-12,19H,8,10H2/t19-/m1/s1. The molecule has 2 aromatic carbocycles. The lowest BCUT2D eigenvalue weighted by atomic mass is 9.92. The maximum atomic E-state index is 13.3. The highest BCUT2D eigenvalue weighted by Gasteiger charge is 2.34. The molecule has 7 heteroatoms. The van der Waals surface area contributed by atoms with Crippen LogP contribution in [0.3, 0.4) is 0 Å². The molecule has 1 atom stereocenters. The molecule has 1 amide bonds. The summed E-state index contributed by atoms with van der Waals surface area (Å²) in [6.45, 7) is 0.569. The van der Waals surface area contributed by atoms with Crippen molar-refractivity contribution in [1.29, 1.82) is 0 Å². The van der Waals surface area contributed by atoms with E-state index in [1.165, 1.54) is 23.1 Å². The first-order chi connectivity index (χ1) is 13.1. The highest BCUT2D eigenvalue weighted by atomic mass is 35.5. The molecule has 27 heavy (non-hydrogen) atoms. The molecule has 0 N–H and O–H groups in total. The zero-order chi connectivity index (χ0) is 19.0.